The lowest BCUT2D eigenvalue weighted by atomic mass is 9.99. The Kier molecular flexibility index (Phi) is 5.48. The maximum atomic E-state index is 12.3. The van der Waals surface area contributed by atoms with Gasteiger partial charge in [0.05, 0.1) is 10.6 Å². The lowest BCUT2D eigenvalue weighted by molar-refractivity contribution is 0.204. The number of hydrogen-bond donors (Lipinski definition) is 2. The number of carbonyl (C=O) groups excluding carboxylic acids is 1. The van der Waals surface area contributed by atoms with Crippen molar-refractivity contribution in [1.82, 2.24) is 15.2 Å². The number of thiophene rings is 1. The molecule has 0 spiro atoms. The predicted molar refractivity (Wildman–Crippen MR) is 99.5 cm³/mol. The van der Waals surface area contributed by atoms with Gasteiger partial charge in [-0.05, 0) is 63.5 Å². The van der Waals surface area contributed by atoms with Crippen LogP contribution >= 0.6 is 11.3 Å². The number of piperidine rings is 1. The summed E-state index contributed by atoms with van der Waals surface area (Å²) in [4.78, 5) is 21.3. The fourth-order valence-corrected chi connectivity index (χ4v) is 3.99. The molecular formula is C18H24N4OS. The van der Waals surface area contributed by atoms with Gasteiger partial charge in [0.15, 0.2) is 0 Å². The van der Waals surface area contributed by atoms with E-state index in [4.69, 9.17) is 0 Å². The molecule has 1 fully saturated rings. The van der Waals surface area contributed by atoms with Gasteiger partial charge in [0.2, 0.25) is 0 Å². The van der Waals surface area contributed by atoms with E-state index in [0.717, 1.165) is 29.3 Å². The third kappa shape index (κ3) is 4.33. The van der Waals surface area contributed by atoms with Gasteiger partial charge in [-0.15, -0.1) is 11.3 Å². The average molecular weight is 344 g/mol. The summed E-state index contributed by atoms with van der Waals surface area (Å²) in [7, 11) is 2.14. The summed E-state index contributed by atoms with van der Waals surface area (Å²) >= 11 is 1.68. The van der Waals surface area contributed by atoms with Crippen LogP contribution in [0.3, 0.4) is 0 Å². The average Bonchev–Trinajstić information content (AvgIpc) is 3.00. The number of anilines is 1. The van der Waals surface area contributed by atoms with E-state index < -0.39 is 0 Å². The second-order valence-corrected chi connectivity index (χ2v) is 7.70. The largest absolute Gasteiger partial charge is 0.338 e. The third-order valence-corrected chi connectivity index (χ3v) is 5.31. The molecule has 2 aromatic heterocycles. The number of hydrogen-bond acceptors (Lipinski definition) is 4. The van der Waals surface area contributed by atoms with Crippen molar-refractivity contribution in [2.24, 2.45) is 5.92 Å². The molecule has 1 saturated heterocycles. The number of pyridine rings is 1. The summed E-state index contributed by atoms with van der Waals surface area (Å²) in [6.07, 6.45) is 4.14. The van der Waals surface area contributed by atoms with Crippen molar-refractivity contribution in [2.75, 3.05) is 32.0 Å². The Labute approximate surface area is 147 Å². The molecule has 1 aliphatic rings. The minimum Gasteiger partial charge on any atom is -0.338 e. The maximum absolute atomic E-state index is 12.3. The molecule has 24 heavy (non-hydrogen) atoms. The van der Waals surface area contributed by atoms with Gasteiger partial charge in [0.1, 0.15) is 5.69 Å². The van der Waals surface area contributed by atoms with Crippen LogP contribution in [-0.4, -0.2) is 42.6 Å². The van der Waals surface area contributed by atoms with E-state index in [1.54, 1.807) is 17.5 Å². The Bertz CT molecular complexity index is 700. The summed E-state index contributed by atoms with van der Waals surface area (Å²) < 4.78 is 0. The van der Waals surface area contributed by atoms with Gasteiger partial charge in [-0.1, -0.05) is 0 Å². The first kappa shape index (κ1) is 16.9. The van der Waals surface area contributed by atoms with Gasteiger partial charge in [-0.25, -0.2) is 4.79 Å². The van der Waals surface area contributed by atoms with Crippen molar-refractivity contribution in [1.29, 1.82) is 0 Å². The lowest BCUT2D eigenvalue weighted by Gasteiger charge is -2.29. The first-order chi connectivity index (χ1) is 11.6. The van der Waals surface area contributed by atoms with Crippen LogP contribution in [0.5, 0.6) is 0 Å². The zero-order chi connectivity index (χ0) is 16.9. The van der Waals surface area contributed by atoms with E-state index in [0.29, 0.717) is 12.5 Å². The summed E-state index contributed by atoms with van der Waals surface area (Å²) in [5.41, 5.74) is 1.57. The molecule has 0 saturated carbocycles. The molecule has 3 rings (SSSR count). The predicted octanol–water partition coefficient (Wildman–Crippen LogP) is 3.58. The zero-order valence-corrected chi connectivity index (χ0v) is 15.0. The number of aromatic nitrogens is 1. The molecule has 1 aliphatic heterocycles. The molecule has 6 heteroatoms. The molecule has 5 nitrogen and oxygen atoms in total. The number of amides is 2. The highest BCUT2D eigenvalue weighted by molar-refractivity contribution is 7.15. The number of rotatable bonds is 4. The molecule has 3 heterocycles. The number of aryl methyl sites for hydroxylation is 1. The standard InChI is InChI=1S/C18H24N4OS/c1-13-7-8-16(24-13)17-15(6-3-9-19-17)21-18(23)20-11-14-5-4-10-22(2)12-14/h3,6-9,14H,4-5,10-12H2,1-2H3,(H2,20,21,23). The number of carbonyl (C=O) groups is 1. The van der Waals surface area contributed by atoms with Crippen LogP contribution in [0.25, 0.3) is 10.6 Å². The normalized spacial score (nSPS) is 18.3. The Morgan fingerprint density at radius 1 is 1.42 bits per heavy atom. The molecule has 1 atom stereocenters. The molecule has 0 aromatic carbocycles. The van der Waals surface area contributed by atoms with E-state index in [-0.39, 0.29) is 6.03 Å². The monoisotopic (exact) mass is 344 g/mol. The smallest absolute Gasteiger partial charge is 0.319 e. The van der Waals surface area contributed by atoms with Crippen LogP contribution in [-0.2, 0) is 0 Å². The molecule has 2 amide bonds. The molecule has 0 bridgehead atoms. The molecule has 1 unspecified atom stereocenters. The topological polar surface area (TPSA) is 57.3 Å². The van der Waals surface area contributed by atoms with E-state index in [1.165, 1.54) is 17.7 Å². The fourth-order valence-electron chi connectivity index (χ4n) is 3.11. The maximum Gasteiger partial charge on any atom is 0.319 e. The van der Waals surface area contributed by atoms with Crippen molar-refractivity contribution in [3.63, 3.8) is 0 Å². The highest BCUT2D eigenvalue weighted by Gasteiger charge is 2.18. The number of urea groups is 1. The van der Waals surface area contributed by atoms with Gasteiger partial charge < -0.3 is 15.5 Å². The van der Waals surface area contributed by atoms with Gasteiger partial charge in [0, 0.05) is 24.2 Å². The Hall–Kier alpha value is -1.92. The summed E-state index contributed by atoms with van der Waals surface area (Å²) in [5, 5.41) is 5.95. The molecule has 0 aliphatic carbocycles. The Morgan fingerprint density at radius 2 is 2.29 bits per heavy atom. The van der Waals surface area contributed by atoms with E-state index in [1.807, 2.05) is 18.2 Å². The highest BCUT2D eigenvalue weighted by Crippen LogP contribution is 2.31. The van der Waals surface area contributed by atoms with Crippen LogP contribution in [0, 0.1) is 12.8 Å². The number of nitrogens with zero attached hydrogens (tertiary/aromatic N) is 2. The van der Waals surface area contributed by atoms with Gasteiger partial charge >= 0.3 is 6.03 Å². The van der Waals surface area contributed by atoms with E-state index in [2.05, 4.69) is 40.6 Å². The van der Waals surface area contributed by atoms with E-state index in [9.17, 15) is 4.79 Å². The molecule has 2 aromatic rings. The number of likely N-dealkylation sites (tertiary alicyclic amines) is 1. The van der Waals surface area contributed by atoms with Crippen molar-refractivity contribution in [2.45, 2.75) is 19.8 Å². The van der Waals surface area contributed by atoms with Gasteiger partial charge in [-0.3, -0.25) is 4.98 Å². The quantitative estimate of drug-likeness (QED) is 0.891. The third-order valence-electron chi connectivity index (χ3n) is 4.30. The minimum atomic E-state index is -0.161. The first-order valence-electron chi connectivity index (χ1n) is 8.37. The van der Waals surface area contributed by atoms with E-state index >= 15 is 0 Å². The molecule has 0 radical (unpaired) electrons. The summed E-state index contributed by atoms with van der Waals surface area (Å²) in [6, 6.07) is 7.69. The van der Waals surface area contributed by atoms with Crippen LogP contribution in [0.2, 0.25) is 0 Å². The summed E-state index contributed by atoms with van der Waals surface area (Å²) in [5.74, 6) is 0.530. The fraction of sp³-hybridized carbons (Fsp3) is 0.444. The lowest BCUT2D eigenvalue weighted by Crippen LogP contribution is -2.40. The van der Waals surface area contributed by atoms with Crippen LogP contribution < -0.4 is 10.6 Å². The van der Waals surface area contributed by atoms with Crippen molar-refractivity contribution < 1.29 is 4.79 Å². The minimum absolute atomic E-state index is 0.161. The van der Waals surface area contributed by atoms with Crippen molar-refractivity contribution in [3.8, 4) is 10.6 Å². The van der Waals surface area contributed by atoms with Gasteiger partial charge in [-0.2, -0.15) is 0 Å². The highest BCUT2D eigenvalue weighted by atomic mass is 32.1. The second-order valence-electron chi connectivity index (χ2n) is 6.42. The molecular weight excluding hydrogens is 320 g/mol. The number of nitrogens with one attached hydrogen (secondary N) is 2. The van der Waals surface area contributed by atoms with Crippen LogP contribution in [0.15, 0.2) is 30.5 Å². The van der Waals surface area contributed by atoms with Crippen LogP contribution in [0.4, 0.5) is 10.5 Å². The Morgan fingerprint density at radius 3 is 3.04 bits per heavy atom. The molecule has 2 N–H and O–H groups in total. The first-order valence-corrected chi connectivity index (χ1v) is 9.18. The van der Waals surface area contributed by atoms with Crippen molar-refractivity contribution in [3.05, 3.63) is 35.3 Å². The Balaban J connectivity index is 1.60. The second kappa shape index (κ2) is 7.77. The SMILES string of the molecule is Cc1ccc(-c2ncccc2NC(=O)NCC2CCCN(C)C2)s1. The molecule has 128 valence electrons. The van der Waals surface area contributed by atoms with Gasteiger partial charge in [0.25, 0.3) is 0 Å². The summed E-state index contributed by atoms with van der Waals surface area (Å²) in [6.45, 7) is 4.98. The van der Waals surface area contributed by atoms with Crippen LogP contribution in [0.1, 0.15) is 17.7 Å². The van der Waals surface area contributed by atoms with Crippen molar-refractivity contribution >= 4 is 23.1 Å². The zero-order valence-electron chi connectivity index (χ0n) is 14.2.